The van der Waals surface area contributed by atoms with Gasteiger partial charge in [-0.05, 0) is 26.8 Å². The largest absolute Gasteiger partial charge is 0.392 e. The Labute approximate surface area is 81.1 Å². The lowest BCUT2D eigenvalue weighted by Crippen LogP contribution is -2.44. The minimum absolute atomic E-state index is 0.213. The van der Waals surface area contributed by atoms with Crippen LogP contribution < -0.4 is 5.73 Å². The van der Waals surface area contributed by atoms with Gasteiger partial charge in [-0.15, -0.1) is 0 Å². The van der Waals surface area contributed by atoms with Gasteiger partial charge in [0.05, 0.1) is 11.0 Å². The van der Waals surface area contributed by atoms with E-state index in [0.29, 0.717) is 11.0 Å². The van der Waals surface area contributed by atoms with Crippen LogP contribution in [0.4, 0.5) is 0 Å². The molecule has 0 amide bonds. The lowest BCUT2D eigenvalue weighted by molar-refractivity contribution is 0.212. The lowest BCUT2D eigenvalue weighted by atomic mass is 10.1. The van der Waals surface area contributed by atoms with Gasteiger partial charge in [-0.2, -0.15) is 0 Å². The van der Waals surface area contributed by atoms with E-state index in [1.54, 1.807) is 0 Å². The number of rotatable bonds is 5. The van der Waals surface area contributed by atoms with Crippen LogP contribution in [-0.4, -0.2) is 29.0 Å². The summed E-state index contributed by atoms with van der Waals surface area (Å²) in [4.78, 5) is 2.84. The summed E-state index contributed by atoms with van der Waals surface area (Å²) in [5.74, 6) is 0. The summed E-state index contributed by atoms with van der Waals surface area (Å²) < 4.78 is 0. The van der Waals surface area contributed by atoms with Gasteiger partial charge in [0.2, 0.25) is 0 Å². The van der Waals surface area contributed by atoms with E-state index in [9.17, 15) is 0 Å². The fourth-order valence-electron chi connectivity index (χ4n) is 1.38. The number of hydrogen-bond donors (Lipinski definition) is 1. The number of likely N-dealkylation sites (N-methyl/N-ethyl adjacent to an activating group) is 1. The van der Waals surface area contributed by atoms with Gasteiger partial charge in [-0.3, -0.25) is 4.90 Å². The summed E-state index contributed by atoms with van der Waals surface area (Å²) in [6.07, 6.45) is 2.31. The first-order valence-electron chi connectivity index (χ1n) is 4.55. The molecule has 0 aromatic heterocycles. The molecule has 0 heterocycles. The molecule has 0 saturated heterocycles. The first kappa shape index (κ1) is 11.8. The van der Waals surface area contributed by atoms with E-state index in [1.165, 1.54) is 0 Å². The van der Waals surface area contributed by atoms with Gasteiger partial charge in [-0.1, -0.05) is 26.1 Å². The monoisotopic (exact) mass is 188 g/mol. The topological polar surface area (TPSA) is 29.3 Å². The highest BCUT2D eigenvalue weighted by atomic mass is 32.1. The molecule has 0 saturated carbocycles. The standard InChI is InChI=1S/C9H20N2S/c1-5-8(6-2)11(4)7(3)9(10)12/h7-8H,5-6H2,1-4H3,(H2,10,12). The van der Waals surface area contributed by atoms with Gasteiger partial charge in [0.15, 0.2) is 0 Å². The molecule has 0 aromatic rings. The fourth-order valence-corrected chi connectivity index (χ4v) is 1.55. The minimum Gasteiger partial charge on any atom is -0.392 e. The zero-order valence-electron chi connectivity index (χ0n) is 8.50. The molecule has 0 radical (unpaired) electrons. The Morgan fingerprint density at radius 2 is 1.83 bits per heavy atom. The Kier molecular flexibility index (Phi) is 5.42. The van der Waals surface area contributed by atoms with Gasteiger partial charge in [-0.25, -0.2) is 0 Å². The van der Waals surface area contributed by atoms with E-state index < -0.39 is 0 Å². The molecule has 0 aliphatic rings. The van der Waals surface area contributed by atoms with Crippen molar-refractivity contribution in [2.24, 2.45) is 5.73 Å². The van der Waals surface area contributed by atoms with Crippen molar-refractivity contribution in [3.8, 4) is 0 Å². The highest BCUT2D eigenvalue weighted by Gasteiger charge is 2.17. The SMILES string of the molecule is CCC(CC)N(C)C(C)C(N)=S. The molecule has 0 spiro atoms. The van der Waals surface area contributed by atoms with E-state index in [4.69, 9.17) is 18.0 Å². The second kappa shape index (κ2) is 5.49. The Bertz CT molecular complexity index is 143. The second-order valence-electron chi connectivity index (χ2n) is 3.21. The van der Waals surface area contributed by atoms with Gasteiger partial charge in [0, 0.05) is 6.04 Å². The quantitative estimate of drug-likeness (QED) is 0.667. The molecule has 12 heavy (non-hydrogen) atoms. The fraction of sp³-hybridized carbons (Fsp3) is 0.889. The molecule has 2 N–H and O–H groups in total. The van der Waals surface area contributed by atoms with Crippen molar-refractivity contribution in [1.82, 2.24) is 4.90 Å². The molecule has 1 atom stereocenters. The molecule has 1 unspecified atom stereocenters. The van der Waals surface area contributed by atoms with Crippen LogP contribution in [-0.2, 0) is 0 Å². The maximum absolute atomic E-state index is 5.57. The molecule has 0 bridgehead atoms. The van der Waals surface area contributed by atoms with E-state index in [1.807, 2.05) is 0 Å². The van der Waals surface area contributed by atoms with Crippen LogP contribution in [0.1, 0.15) is 33.6 Å². The summed E-state index contributed by atoms with van der Waals surface area (Å²) in [5, 5.41) is 0. The highest BCUT2D eigenvalue weighted by Crippen LogP contribution is 2.09. The van der Waals surface area contributed by atoms with Crippen LogP contribution in [0, 0.1) is 0 Å². The smallest absolute Gasteiger partial charge is 0.0899 e. The van der Waals surface area contributed by atoms with Crippen LogP contribution >= 0.6 is 12.2 Å². The normalized spacial score (nSPS) is 13.8. The second-order valence-corrected chi connectivity index (χ2v) is 3.69. The van der Waals surface area contributed by atoms with Crippen molar-refractivity contribution in [3.05, 3.63) is 0 Å². The molecule has 72 valence electrons. The predicted molar refractivity (Wildman–Crippen MR) is 58.4 cm³/mol. The van der Waals surface area contributed by atoms with E-state index in [2.05, 4.69) is 32.7 Å². The number of hydrogen-bond acceptors (Lipinski definition) is 2. The van der Waals surface area contributed by atoms with Crippen molar-refractivity contribution in [3.63, 3.8) is 0 Å². The van der Waals surface area contributed by atoms with Gasteiger partial charge >= 0.3 is 0 Å². The Balaban J connectivity index is 4.14. The summed E-state index contributed by atoms with van der Waals surface area (Å²) in [6.45, 7) is 6.44. The van der Waals surface area contributed by atoms with Crippen molar-refractivity contribution in [1.29, 1.82) is 0 Å². The Morgan fingerprint density at radius 3 is 2.08 bits per heavy atom. The Morgan fingerprint density at radius 1 is 1.42 bits per heavy atom. The summed E-state index contributed by atoms with van der Waals surface area (Å²) >= 11 is 4.95. The third-order valence-electron chi connectivity index (χ3n) is 2.54. The van der Waals surface area contributed by atoms with Crippen molar-refractivity contribution < 1.29 is 0 Å². The zero-order chi connectivity index (χ0) is 9.72. The van der Waals surface area contributed by atoms with Crippen LogP contribution in [0.5, 0.6) is 0 Å². The first-order valence-corrected chi connectivity index (χ1v) is 4.96. The van der Waals surface area contributed by atoms with Crippen molar-refractivity contribution in [2.75, 3.05) is 7.05 Å². The van der Waals surface area contributed by atoms with Crippen LogP contribution in [0.25, 0.3) is 0 Å². The van der Waals surface area contributed by atoms with Crippen LogP contribution in [0.2, 0.25) is 0 Å². The summed E-state index contributed by atoms with van der Waals surface area (Å²) in [6, 6.07) is 0.811. The maximum atomic E-state index is 5.57. The third kappa shape index (κ3) is 3.07. The average Bonchev–Trinajstić information content (AvgIpc) is 2.05. The number of nitrogens with zero attached hydrogens (tertiary/aromatic N) is 1. The average molecular weight is 188 g/mol. The molecule has 0 aliphatic carbocycles. The third-order valence-corrected chi connectivity index (χ3v) is 2.88. The molecular formula is C9H20N2S. The summed E-state index contributed by atoms with van der Waals surface area (Å²) in [5.41, 5.74) is 5.57. The zero-order valence-corrected chi connectivity index (χ0v) is 9.32. The molecule has 0 fully saturated rings. The molecule has 0 aliphatic heterocycles. The molecule has 0 rings (SSSR count). The van der Waals surface area contributed by atoms with Gasteiger partial charge < -0.3 is 5.73 Å². The Hall–Kier alpha value is -0.150. The van der Waals surface area contributed by atoms with E-state index in [0.717, 1.165) is 12.8 Å². The highest BCUT2D eigenvalue weighted by molar-refractivity contribution is 7.80. The van der Waals surface area contributed by atoms with E-state index in [-0.39, 0.29) is 6.04 Å². The number of thiocarbonyl (C=S) groups is 1. The van der Waals surface area contributed by atoms with Crippen LogP contribution in [0.3, 0.4) is 0 Å². The molecular weight excluding hydrogens is 168 g/mol. The van der Waals surface area contributed by atoms with Crippen LogP contribution in [0.15, 0.2) is 0 Å². The van der Waals surface area contributed by atoms with Gasteiger partial charge in [0.1, 0.15) is 0 Å². The van der Waals surface area contributed by atoms with Gasteiger partial charge in [0.25, 0.3) is 0 Å². The molecule has 0 aromatic carbocycles. The van der Waals surface area contributed by atoms with E-state index >= 15 is 0 Å². The lowest BCUT2D eigenvalue weighted by Gasteiger charge is -2.31. The first-order chi connectivity index (χ1) is 5.54. The maximum Gasteiger partial charge on any atom is 0.0899 e. The van der Waals surface area contributed by atoms with Crippen molar-refractivity contribution >= 4 is 17.2 Å². The minimum atomic E-state index is 0.213. The van der Waals surface area contributed by atoms with Crippen molar-refractivity contribution in [2.45, 2.75) is 45.7 Å². The number of nitrogens with two attached hydrogens (primary N) is 1. The summed E-state index contributed by atoms with van der Waals surface area (Å²) in [7, 11) is 2.08. The molecule has 3 heteroatoms. The predicted octanol–water partition coefficient (Wildman–Crippen LogP) is 1.78. The molecule has 2 nitrogen and oxygen atoms in total.